The zero-order valence-electron chi connectivity index (χ0n) is 7.46. The van der Waals surface area contributed by atoms with Crippen LogP contribution < -0.4 is 5.32 Å². The average Bonchev–Trinajstić information content (AvgIpc) is 2.48. The first-order valence-electron chi connectivity index (χ1n) is 3.80. The van der Waals surface area contributed by atoms with Crippen molar-refractivity contribution in [2.75, 3.05) is 0 Å². The Kier molecular flexibility index (Phi) is 2.79. The summed E-state index contributed by atoms with van der Waals surface area (Å²) in [5, 5.41) is 6.05. The molecule has 5 nitrogen and oxygen atoms in total. The molecule has 0 aliphatic heterocycles. The minimum absolute atomic E-state index is 0.152. The number of nitrogens with zero attached hydrogens (tertiary/aromatic N) is 1. The smallest absolute Gasteiger partial charge is 0.217 e. The van der Waals surface area contributed by atoms with Crippen LogP contribution in [-0.4, -0.2) is 16.8 Å². The molecule has 1 aromatic rings. The topological polar surface area (TPSA) is 72.2 Å². The molecule has 0 atom stereocenters. The van der Waals surface area contributed by atoms with Crippen molar-refractivity contribution < 1.29 is 14.1 Å². The Balaban J connectivity index is 2.59. The van der Waals surface area contributed by atoms with E-state index in [1.165, 1.54) is 19.9 Å². The summed E-state index contributed by atoms with van der Waals surface area (Å²) in [5.74, 6) is 0.166. The quantitative estimate of drug-likeness (QED) is 0.691. The molecule has 70 valence electrons. The number of ketones is 1. The number of nitrogens with one attached hydrogen (secondary N) is 1. The van der Waals surface area contributed by atoms with Gasteiger partial charge in [-0.3, -0.25) is 9.59 Å². The molecule has 0 aromatic carbocycles. The van der Waals surface area contributed by atoms with E-state index in [-0.39, 0.29) is 23.9 Å². The minimum Gasteiger partial charge on any atom is -0.359 e. The Morgan fingerprint density at radius 3 is 2.69 bits per heavy atom. The molecule has 1 rings (SSSR count). The van der Waals surface area contributed by atoms with Crippen molar-refractivity contribution in [1.82, 2.24) is 10.5 Å². The van der Waals surface area contributed by atoms with Crippen molar-refractivity contribution in [3.8, 4) is 0 Å². The van der Waals surface area contributed by atoms with E-state index in [0.717, 1.165) is 0 Å². The summed E-state index contributed by atoms with van der Waals surface area (Å²) in [6, 6.07) is 1.51. The second kappa shape index (κ2) is 3.84. The lowest BCUT2D eigenvalue weighted by atomic mass is 10.3. The highest BCUT2D eigenvalue weighted by atomic mass is 16.5. The maximum Gasteiger partial charge on any atom is 0.217 e. The van der Waals surface area contributed by atoms with Crippen LogP contribution >= 0.6 is 0 Å². The van der Waals surface area contributed by atoms with Gasteiger partial charge in [0, 0.05) is 19.9 Å². The molecule has 0 unspecified atom stereocenters. The van der Waals surface area contributed by atoms with E-state index in [4.69, 9.17) is 4.52 Å². The molecule has 0 saturated carbocycles. The molecular formula is C8H10N2O3. The first kappa shape index (κ1) is 9.44. The van der Waals surface area contributed by atoms with Crippen LogP contribution in [0.2, 0.25) is 0 Å². The monoisotopic (exact) mass is 182 g/mol. The number of carbonyl (C=O) groups excluding carboxylic acids is 2. The van der Waals surface area contributed by atoms with Gasteiger partial charge in [0.05, 0.1) is 6.54 Å². The van der Waals surface area contributed by atoms with Crippen molar-refractivity contribution in [2.45, 2.75) is 20.4 Å². The van der Waals surface area contributed by atoms with Gasteiger partial charge in [0.25, 0.3) is 0 Å². The largest absolute Gasteiger partial charge is 0.359 e. The molecule has 0 aliphatic rings. The fourth-order valence-corrected chi connectivity index (χ4v) is 0.774. The molecule has 1 heterocycles. The van der Waals surface area contributed by atoms with Gasteiger partial charge in [0.2, 0.25) is 5.91 Å². The predicted molar refractivity (Wildman–Crippen MR) is 44.0 cm³/mol. The first-order chi connectivity index (χ1) is 6.09. The fourth-order valence-electron chi connectivity index (χ4n) is 0.774. The van der Waals surface area contributed by atoms with Crippen LogP contribution in [0.3, 0.4) is 0 Å². The van der Waals surface area contributed by atoms with Gasteiger partial charge in [0.1, 0.15) is 5.69 Å². The molecule has 0 fully saturated rings. The highest BCUT2D eigenvalue weighted by molar-refractivity contribution is 5.91. The number of rotatable bonds is 3. The normalized spacial score (nSPS) is 9.69. The summed E-state index contributed by atoms with van der Waals surface area (Å²) < 4.78 is 4.79. The predicted octanol–water partition coefficient (Wildman–Crippen LogP) is 0.513. The lowest BCUT2D eigenvalue weighted by Crippen LogP contribution is -2.18. The molecule has 1 amide bonds. The summed E-state index contributed by atoms with van der Waals surface area (Å²) in [6.07, 6.45) is 0. The fraction of sp³-hybridized carbons (Fsp3) is 0.375. The van der Waals surface area contributed by atoms with Crippen molar-refractivity contribution in [3.05, 3.63) is 17.5 Å². The van der Waals surface area contributed by atoms with Gasteiger partial charge < -0.3 is 9.84 Å². The number of carbonyl (C=O) groups is 2. The third kappa shape index (κ3) is 2.70. The number of aromatic nitrogens is 1. The summed E-state index contributed by atoms with van der Waals surface area (Å²) in [7, 11) is 0. The van der Waals surface area contributed by atoms with E-state index in [0.29, 0.717) is 5.76 Å². The van der Waals surface area contributed by atoms with E-state index in [9.17, 15) is 9.59 Å². The van der Waals surface area contributed by atoms with Gasteiger partial charge in [-0.1, -0.05) is 5.16 Å². The van der Waals surface area contributed by atoms with E-state index < -0.39 is 0 Å². The molecule has 0 aliphatic carbocycles. The lowest BCUT2D eigenvalue weighted by Gasteiger charge is -1.94. The Hall–Kier alpha value is -1.65. The van der Waals surface area contributed by atoms with Crippen molar-refractivity contribution >= 4 is 11.7 Å². The molecular weight excluding hydrogens is 172 g/mol. The molecule has 1 N–H and O–H groups in total. The van der Waals surface area contributed by atoms with E-state index >= 15 is 0 Å². The molecule has 5 heteroatoms. The Morgan fingerprint density at radius 2 is 2.23 bits per heavy atom. The molecule has 13 heavy (non-hydrogen) atoms. The zero-order chi connectivity index (χ0) is 9.84. The third-order valence-corrected chi connectivity index (χ3v) is 1.43. The van der Waals surface area contributed by atoms with Crippen molar-refractivity contribution in [2.24, 2.45) is 0 Å². The second-order valence-electron chi connectivity index (χ2n) is 2.64. The summed E-state index contributed by atoms with van der Waals surface area (Å²) in [6.45, 7) is 3.07. The van der Waals surface area contributed by atoms with Gasteiger partial charge in [-0.05, 0) is 0 Å². The average molecular weight is 182 g/mol. The van der Waals surface area contributed by atoms with Crippen LogP contribution in [0.1, 0.15) is 30.1 Å². The maximum atomic E-state index is 10.8. The number of Topliss-reactive ketones (excluding diaryl/α,β-unsaturated/α-hetero) is 1. The van der Waals surface area contributed by atoms with Crippen LogP contribution in [-0.2, 0) is 11.3 Å². The minimum atomic E-state index is -0.155. The van der Waals surface area contributed by atoms with Crippen LogP contribution in [0.15, 0.2) is 10.6 Å². The third-order valence-electron chi connectivity index (χ3n) is 1.43. The second-order valence-corrected chi connectivity index (χ2v) is 2.64. The van der Waals surface area contributed by atoms with E-state index in [1.54, 1.807) is 0 Å². The standard InChI is InChI=1S/C8H10N2O3/c1-5(11)8-3-7(13-10-8)4-9-6(2)12/h3H,4H2,1-2H3,(H,9,12). The molecule has 0 bridgehead atoms. The van der Waals surface area contributed by atoms with Gasteiger partial charge in [0.15, 0.2) is 11.5 Å². The highest BCUT2D eigenvalue weighted by Crippen LogP contribution is 2.03. The summed E-state index contributed by atoms with van der Waals surface area (Å²) >= 11 is 0. The number of hydrogen-bond donors (Lipinski definition) is 1. The Labute approximate surface area is 75.1 Å². The Bertz CT molecular complexity index is 330. The van der Waals surface area contributed by atoms with Crippen LogP contribution in [0.5, 0.6) is 0 Å². The molecule has 0 radical (unpaired) electrons. The van der Waals surface area contributed by atoms with Gasteiger partial charge in [-0.15, -0.1) is 0 Å². The van der Waals surface area contributed by atoms with E-state index in [2.05, 4.69) is 10.5 Å². The molecule has 1 aromatic heterocycles. The maximum absolute atomic E-state index is 10.8. The molecule has 0 spiro atoms. The SMILES string of the molecule is CC(=O)NCc1cc(C(C)=O)no1. The number of hydrogen-bond acceptors (Lipinski definition) is 4. The van der Waals surface area contributed by atoms with Crippen LogP contribution in [0, 0.1) is 0 Å². The van der Waals surface area contributed by atoms with Crippen molar-refractivity contribution in [3.63, 3.8) is 0 Å². The number of amides is 1. The van der Waals surface area contributed by atoms with Gasteiger partial charge >= 0.3 is 0 Å². The van der Waals surface area contributed by atoms with E-state index in [1.807, 2.05) is 0 Å². The molecule has 0 saturated heterocycles. The van der Waals surface area contributed by atoms with Gasteiger partial charge in [-0.2, -0.15) is 0 Å². The van der Waals surface area contributed by atoms with Gasteiger partial charge in [-0.25, -0.2) is 0 Å². The van der Waals surface area contributed by atoms with Crippen molar-refractivity contribution in [1.29, 1.82) is 0 Å². The highest BCUT2D eigenvalue weighted by Gasteiger charge is 2.07. The lowest BCUT2D eigenvalue weighted by molar-refractivity contribution is -0.119. The zero-order valence-corrected chi connectivity index (χ0v) is 7.46. The Morgan fingerprint density at radius 1 is 1.54 bits per heavy atom. The summed E-state index contributed by atoms with van der Waals surface area (Å²) in [4.78, 5) is 21.3. The van der Waals surface area contributed by atoms with Crippen LogP contribution in [0.4, 0.5) is 0 Å². The summed E-state index contributed by atoms with van der Waals surface area (Å²) in [5.41, 5.74) is 0.278. The van der Waals surface area contributed by atoms with Crippen LogP contribution in [0.25, 0.3) is 0 Å². The first-order valence-corrected chi connectivity index (χ1v) is 3.80.